The predicted molar refractivity (Wildman–Crippen MR) is 74.2 cm³/mol. The number of carbonyl (C=O) groups excluding carboxylic acids is 1. The summed E-state index contributed by atoms with van der Waals surface area (Å²) in [6, 6.07) is 3.06. The smallest absolute Gasteiger partial charge is 0.253 e. The van der Waals surface area contributed by atoms with Gasteiger partial charge in [-0.2, -0.15) is 0 Å². The molecule has 5 nitrogen and oxygen atoms in total. The molecule has 1 unspecified atom stereocenters. The van der Waals surface area contributed by atoms with Crippen molar-refractivity contribution in [2.75, 3.05) is 25.9 Å². The normalized spacial score (nSPS) is 19.2. The number of nitrogens with zero attached hydrogens (tertiary/aromatic N) is 2. The zero-order valence-electron chi connectivity index (χ0n) is 10.9. The molecule has 6 heteroatoms. The van der Waals surface area contributed by atoms with Crippen molar-refractivity contribution < 1.29 is 9.53 Å². The van der Waals surface area contributed by atoms with Crippen LogP contribution >= 0.6 is 11.6 Å². The highest BCUT2D eigenvalue weighted by atomic mass is 35.5. The Balaban J connectivity index is 2.01. The van der Waals surface area contributed by atoms with Crippen molar-refractivity contribution >= 4 is 23.3 Å². The van der Waals surface area contributed by atoms with E-state index in [1.54, 1.807) is 11.9 Å². The van der Waals surface area contributed by atoms with E-state index in [1.165, 1.54) is 12.1 Å². The van der Waals surface area contributed by atoms with Crippen LogP contribution < -0.4 is 5.73 Å². The molecule has 1 atom stereocenters. The monoisotopic (exact) mass is 283 g/mol. The van der Waals surface area contributed by atoms with Crippen molar-refractivity contribution in [1.82, 2.24) is 9.88 Å². The fourth-order valence-corrected chi connectivity index (χ4v) is 2.42. The lowest BCUT2D eigenvalue weighted by Crippen LogP contribution is -2.37. The zero-order chi connectivity index (χ0) is 13.8. The van der Waals surface area contributed by atoms with Crippen LogP contribution in [-0.2, 0) is 4.74 Å². The van der Waals surface area contributed by atoms with E-state index in [1.807, 2.05) is 0 Å². The number of nitrogens with two attached hydrogens (primary N) is 1. The summed E-state index contributed by atoms with van der Waals surface area (Å²) in [7, 11) is 1.75. The van der Waals surface area contributed by atoms with Crippen molar-refractivity contribution in [3.8, 4) is 0 Å². The fourth-order valence-electron chi connectivity index (χ4n) is 2.20. The third-order valence-electron chi connectivity index (χ3n) is 3.16. The van der Waals surface area contributed by atoms with Crippen LogP contribution in [0.2, 0.25) is 5.15 Å². The van der Waals surface area contributed by atoms with Gasteiger partial charge in [-0.25, -0.2) is 4.98 Å². The van der Waals surface area contributed by atoms with Gasteiger partial charge in [-0.15, -0.1) is 0 Å². The van der Waals surface area contributed by atoms with Crippen LogP contribution in [0.25, 0.3) is 0 Å². The van der Waals surface area contributed by atoms with Crippen LogP contribution in [0.4, 0.5) is 5.82 Å². The first-order chi connectivity index (χ1) is 9.06. The van der Waals surface area contributed by atoms with Gasteiger partial charge in [-0.3, -0.25) is 4.79 Å². The zero-order valence-corrected chi connectivity index (χ0v) is 11.7. The van der Waals surface area contributed by atoms with Gasteiger partial charge < -0.3 is 15.4 Å². The number of aromatic nitrogens is 1. The summed E-state index contributed by atoms with van der Waals surface area (Å²) >= 11 is 5.80. The van der Waals surface area contributed by atoms with Gasteiger partial charge in [0.1, 0.15) is 11.0 Å². The Morgan fingerprint density at radius 3 is 3.00 bits per heavy atom. The van der Waals surface area contributed by atoms with Crippen molar-refractivity contribution in [3.05, 3.63) is 22.8 Å². The first-order valence-corrected chi connectivity index (χ1v) is 6.74. The van der Waals surface area contributed by atoms with E-state index >= 15 is 0 Å². The van der Waals surface area contributed by atoms with Crippen molar-refractivity contribution in [2.24, 2.45) is 0 Å². The first kappa shape index (κ1) is 14.1. The van der Waals surface area contributed by atoms with E-state index in [4.69, 9.17) is 22.1 Å². The Bertz CT molecular complexity index is 441. The van der Waals surface area contributed by atoms with Gasteiger partial charge in [0.05, 0.1) is 6.10 Å². The lowest BCUT2D eigenvalue weighted by Gasteiger charge is -2.27. The molecule has 1 fully saturated rings. The van der Waals surface area contributed by atoms with Crippen LogP contribution in [0.3, 0.4) is 0 Å². The third kappa shape index (κ3) is 3.81. The van der Waals surface area contributed by atoms with E-state index in [0.717, 1.165) is 25.9 Å². The molecule has 104 valence electrons. The number of pyridine rings is 1. The highest BCUT2D eigenvalue weighted by molar-refractivity contribution is 6.29. The number of hydrogen-bond acceptors (Lipinski definition) is 4. The van der Waals surface area contributed by atoms with Crippen molar-refractivity contribution in [1.29, 1.82) is 0 Å². The summed E-state index contributed by atoms with van der Waals surface area (Å²) in [5, 5.41) is 0.227. The van der Waals surface area contributed by atoms with Crippen molar-refractivity contribution in [3.63, 3.8) is 0 Å². The molecule has 1 saturated heterocycles. The Hall–Kier alpha value is -1.33. The molecule has 19 heavy (non-hydrogen) atoms. The summed E-state index contributed by atoms with van der Waals surface area (Å²) in [6.45, 7) is 1.36. The number of amides is 1. The largest absolute Gasteiger partial charge is 0.384 e. The second kappa shape index (κ2) is 6.21. The van der Waals surface area contributed by atoms with Crippen LogP contribution in [0.1, 0.15) is 29.6 Å². The predicted octanol–water partition coefficient (Wildman–Crippen LogP) is 1.96. The molecule has 0 aromatic carbocycles. The number of carbonyl (C=O) groups is 1. The van der Waals surface area contributed by atoms with Gasteiger partial charge in [0, 0.05) is 25.8 Å². The SMILES string of the molecule is CN(CC1CCCCO1)C(=O)c1cc(N)nc(Cl)c1. The molecule has 1 amide bonds. The highest BCUT2D eigenvalue weighted by Crippen LogP contribution is 2.16. The minimum Gasteiger partial charge on any atom is -0.384 e. The molecule has 0 saturated carbocycles. The van der Waals surface area contributed by atoms with E-state index in [9.17, 15) is 4.79 Å². The molecule has 1 aliphatic rings. The second-order valence-corrected chi connectivity index (χ2v) is 5.16. The van der Waals surface area contributed by atoms with Crippen LogP contribution in [0, 0.1) is 0 Å². The summed E-state index contributed by atoms with van der Waals surface area (Å²) < 4.78 is 5.63. The number of likely N-dealkylation sites (N-methyl/N-ethyl adjacent to an activating group) is 1. The van der Waals surface area contributed by atoms with E-state index in [2.05, 4.69) is 4.98 Å². The molecule has 2 N–H and O–H groups in total. The molecule has 0 bridgehead atoms. The van der Waals surface area contributed by atoms with Gasteiger partial charge in [-0.1, -0.05) is 11.6 Å². The average Bonchev–Trinajstić information content (AvgIpc) is 2.37. The van der Waals surface area contributed by atoms with Crippen LogP contribution in [0.5, 0.6) is 0 Å². The Morgan fingerprint density at radius 2 is 2.37 bits per heavy atom. The molecule has 2 rings (SSSR count). The summed E-state index contributed by atoms with van der Waals surface area (Å²) in [4.78, 5) is 17.7. The Labute approximate surface area is 117 Å². The average molecular weight is 284 g/mol. The number of anilines is 1. The third-order valence-corrected chi connectivity index (χ3v) is 3.35. The molecular weight excluding hydrogens is 266 g/mol. The summed E-state index contributed by atoms with van der Waals surface area (Å²) in [5.74, 6) is 0.128. The van der Waals surface area contributed by atoms with Gasteiger partial charge in [0.15, 0.2) is 0 Å². The van der Waals surface area contributed by atoms with E-state index in [-0.39, 0.29) is 23.0 Å². The molecule has 1 aromatic heterocycles. The van der Waals surface area contributed by atoms with Crippen molar-refractivity contribution in [2.45, 2.75) is 25.4 Å². The second-order valence-electron chi connectivity index (χ2n) is 4.78. The lowest BCUT2D eigenvalue weighted by molar-refractivity contribution is -0.000187. The molecule has 0 spiro atoms. The number of halogens is 1. The molecule has 1 aliphatic heterocycles. The van der Waals surface area contributed by atoms with E-state index < -0.39 is 0 Å². The highest BCUT2D eigenvalue weighted by Gasteiger charge is 2.20. The topological polar surface area (TPSA) is 68.5 Å². The molecular formula is C13H18ClN3O2. The van der Waals surface area contributed by atoms with Crippen LogP contribution in [-0.4, -0.2) is 42.1 Å². The van der Waals surface area contributed by atoms with Crippen LogP contribution in [0.15, 0.2) is 12.1 Å². The number of hydrogen-bond donors (Lipinski definition) is 1. The Morgan fingerprint density at radius 1 is 1.58 bits per heavy atom. The lowest BCUT2D eigenvalue weighted by atomic mass is 10.1. The number of ether oxygens (including phenoxy) is 1. The molecule has 1 aromatic rings. The number of rotatable bonds is 3. The van der Waals surface area contributed by atoms with Gasteiger partial charge in [0.25, 0.3) is 5.91 Å². The maximum Gasteiger partial charge on any atom is 0.253 e. The summed E-state index contributed by atoms with van der Waals surface area (Å²) in [6.07, 6.45) is 3.37. The quantitative estimate of drug-likeness (QED) is 0.861. The molecule has 2 heterocycles. The minimum absolute atomic E-state index is 0.120. The maximum atomic E-state index is 12.3. The summed E-state index contributed by atoms with van der Waals surface area (Å²) in [5.41, 5.74) is 6.05. The van der Waals surface area contributed by atoms with E-state index in [0.29, 0.717) is 12.1 Å². The standard InChI is InChI=1S/C13H18ClN3O2/c1-17(8-10-4-2-3-5-19-10)13(18)9-6-11(14)16-12(15)7-9/h6-7,10H,2-5,8H2,1H3,(H2,15,16). The first-order valence-electron chi connectivity index (χ1n) is 6.36. The van der Waals surface area contributed by atoms with Gasteiger partial charge in [0.2, 0.25) is 0 Å². The molecule has 0 radical (unpaired) electrons. The maximum absolute atomic E-state index is 12.3. The van der Waals surface area contributed by atoms with Gasteiger partial charge >= 0.3 is 0 Å². The fraction of sp³-hybridized carbons (Fsp3) is 0.538. The Kier molecular flexibility index (Phi) is 4.61. The van der Waals surface area contributed by atoms with Gasteiger partial charge in [-0.05, 0) is 31.4 Å². The molecule has 0 aliphatic carbocycles. The minimum atomic E-state index is -0.120. The number of nitrogen functional groups attached to an aromatic ring is 1.